The van der Waals surface area contributed by atoms with E-state index in [9.17, 15) is 0 Å². The topological polar surface area (TPSA) is 27.7 Å². The lowest BCUT2D eigenvalue weighted by Gasteiger charge is -2.32. The minimum Gasteiger partial charge on any atom is -0.399 e. The van der Waals surface area contributed by atoms with Gasteiger partial charge < -0.3 is 14.0 Å². The molecule has 0 N–H and O–H groups in total. The van der Waals surface area contributed by atoms with Gasteiger partial charge in [0, 0.05) is 19.9 Å². The lowest BCUT2D eigenvalue weighted by atomic mass is 9.76. The van der Waals surface area contributed by atoms with E-state index in [1.54, 1.807) is 0 Å². The molecule has 1 unspecified atom stereocenters. The van der Waals surface area contributed by atoms with Crippen molar-refractivity contribution < 1.29 is 14.0 Å². The minimum absolute atomic E-state index is 0.326. The van der Waals surface area contributed by atoms with Gasteiger partial charge in [0.2, 0.25) is 0 Å². The molecule has 0 aromatic heterocycles. The Balaban J connectivity index is 1.73. The smallest absolute Gasteiger partial charge is 0.399 e. The van der Waals surface area contributed by atoms with Crippen molar-refractivity contribution in [3.63, 3.8) is 0 Å². The highest BCUT2D eigenvalue weighted by atomic mass is 79.9. The zero-order valence-corrected chi connectivity index (χ0v) is 22.5. The standard InChI is InChI=1S/C23H38BBrO3Si/c1-15-10-19(24-27-22(4,5)23(6,7)28-24)20(25)18-12-16(11-17(15)18)13-26-14-21(2,3)29(8)9/h10,16,29H,11-14H2,1-9H3. The molecule has 1 aliphatic carbocycles. The second kappa shape index (κ2) is 8.09. The quantitative estimate of drug-likeness (QED) is 0.532. The van der Waals surface area contributed by atoms with Gasteiger partial charge in [-0.15, -0.1) is 0 Å². The fraction of sp³-hybridized carbons (Fsp3) is 0.739. The van der Waals surface area contributed by atoms with Crippen LogP contribution in [0.15, 0.2) is 10.5 Å². The number of ether oxygens (including phenoxy) is 1. The second-order valence-electron chi connectivity index (χ2n) is 11.1. The van der Waals surface area contributed by atoms with Gasteiger partial charge in [0.15, 0.2) is 0 Å². The van der Waals surface area contributed by atoms with Crippen LogP contribution in [-0.2, 0) is 26.9 Å². The molecular formula is C23H38BBrO3Si. The van der Waals surface area contributed by atoms with Crippen LogP contribution in [0.5, 0.6) is 0 Å². The van der Waals surface area contributed by atoms with Crippen LogP contribution < -0.4 is 5.46 Å². The second-order valence-corrected chi connectivity index (χ2v) is 15.7. The lowest BCUT2D eigenvalue weighted by Crippen LogP contribution is -2.41. The highest BCUT2D eigenvalue weighted by molar-refractivity contribution is 9.10. The Morgan fingerprint density at radius 2 is 1.69 bits per heavy atom. The van der Waals surface area contributed by atoms with E-state index in [-0.39, 0.29) is 18.3 Å². The molecule has 0 amide bonds. The van der Waals surface area contributed by atoms with Crippen LogP contribution in [0.1, 0.15) is 58.2 Å². The largest absolute Gasteiger partial charge is 0.496 e. The van der Waals surface area contributed by atoms with Crippen LogP contribution in [0, 0.1) is 12.8 Å². The van der Waals surface area contributed by atoms with Crippen molar-refractivity contribution in [2.45, 2.75) is 90.6 Å². The summed E-state index contributed by atoms with van der Waals surface area (Å²) >= 11 is 3.90. The van der Waals surface area contributed by atoms with Crippen molar-refractivity contribution in [3.8, 4) is 0 Å². The van der Waals surface area contributed by atoms with Crippen molar-refractivity contribution in [2.75, 3.05) is 13.2 Å². The minimum atomic E-state index is -0.723. The maximum Gasteiger partial charge on any atom is 0.496 e. The van der Waals surface area contributed by atoms with Crippen LogP contribution in [0.4, 0.5) is 0 Å². The van der Waals surface area contributed by atoms with E-state index < -0.39 is 8.80 Å². The average molecular weight is 481 g/mol. The lowest BCUT2D eigenvalue weighted by molar-refractivity contribution is 0.00578. The zero-order chi connectivity index (χ0) is 21.8. The van der Waals surface area contributed by atoms with E-state index in [2.05, 4.69) is 83.6 Å². The first kappa shape index (κ1) is 23.5. The monoisotopic (exact) mass is 480 g/mol. The van der Waals surface area contributed by atoms with Gasteiger partial charge >= 0.3 is 7.12 Å². The van der Waals surface area contributed by atoms with E-state index in [0.29, 0.717) is 11.0 Å². The van der Waals surface area contributed by atoms with Gasteiger partial charge in [-0.25, -0.2) is 0 Å². The fourth-order valence-corrected chi connectivity index (χ4v) is 5.14. The van der Waals surface area contributed by atoms with Crippen molar-refractivity contribution in [1.29, 1.82) is 0 Å². The summed E-state index contributed by atoms with van der Waals surface area (Å²) in [6.45, 7) is 21.9. The number of fused-ring (bicyclic) bond motifs is 1. The van der Waals surface area contributed by atoms with Gasteiger partial charge in [-0.05, 0) is 80.6 Å². The van der Waals surface area contributed by atoms with Crippen LogP contribution in [0.2, 0.25) is 18.1 Å². The molecule has 1 aliphatic heterocycles. The van der Waals surface area contributed by atoms with Crippen LogP contribution in [0.3, 0.4) is 0 Å². The first-order valence-electron chi connectivity index (χ1n) is 11.0. The highest BCUT2D eigenvalue weighted by Crippen LogP contribution is 2.39. The Hall–Kier alpha value is -0.138. The normalized spacial score (nSPS) is 23.1. The van der Waals surface area contributed by atoms with E-state index in [0.717, 1.165) is 36.0 Å². The summed E-state index contributed by atoms with van der Waals surface area (Å²) in [5.41, 5.74) is 4.70. The summed E-state index contributed by atoms with van der Waals surface area (Å²) < 4.78 is 20.0. The SMILES string of the molecule is Cc1cc(B2OC(C)(C)C(C)(C)O2)c(Br)c2c1CC(COCC(C)(C)[SiH](C)C)C2. The Morgan fingerprint density at radius 1 is 1.14 bits per heavy atom. The van der Waals surface area contributed by atoms with Gasteiger partial charge in [0.05, 0.1) is 17.8 Å². The van der Waals surface area contributed by atoms with Crippen molar-refractivity contribution in [2.24, 2.45) is 5.92 Å². The Morgan fingerprint density at radius 3 is 2.24 bits per heavy atom. The van der Waals surface area contributed by atoms with E-state index in [1.807, 2.05) is 0 Å². The summed E-state index contributed by atoms with van der Waals surface area (Å²) in [6, 6.07) is 2.25. The van der Waals surface area contributed by atoms with E-state index >= 15 is 0 Å². The van der Waals surface area contributed by atoms with E-state index in [4.69, 9.17) is 14.0 Å². The third kappa shape index (κ3) is 4.57. The van der Waals surface area contributed by atoms with E-state index in [1.165, 1.54) is 16.7 Å². The van der Waals surface area contributed by atoms with Gasteiger partial charge in [-0.3, -0.25) is 0 Å². The summed E-state index contributed by atoms with van der Waals surface area (Å²) in [6.07, 6.45) is 2.16. The van der Waals surface area contributed by atoms with Gasteiger partial charge in [-0.2, -0.15) is 0 Å². The van der Waals surface area contributed by atoms with Crippen LogP contribution >= 0.6 is 15.9 Å². The summed E-state index contributed by atoms with van der Waals surface area (Å²) in [5.74, 6) is 0.554. The number of hydrogen-bond acceptors (Lipinski definition) is 3. The number of rotatable bonds is 6. The molecule has 1 heterocycles. The van der Waals surface area contributed by atoms with Crippen molar-refractivity contribution in [1.82, 2.24) is 0 Å². The molecule has 3 nitrogen and oxygen atoms in total. The predicted molar refractivity (Wildman–Crippen MR) is 129 cm³/mol. The first-order chi connectivity index (χ1) is 13.2. The molecule has 0 radical (unpaired) electrons. The average Bonchev–Trinajstić information content (AvgIpc) is 3.10. The molecule has 0 spiro atoms. The highest BCUT2D eigenvalue weighted by Gasteiger charge is 2.52. The third-order valence-corrected chi connectivity index (χ3v) is 11.8. The molecule has 2 aliphatic rings. The molecule has 1 fully saturated rings. The molecule has 1 saturated heterocycles. The fourth-order valence-electron chi connectivity index (χ4n) is 3.99. The summed E-state index contributed by atoms with van der Waals surface area (Å²) in [5, 5.41) is 0.353. The molecule has 3 rings (SSSR count). The van der Waals surface area contributed by atoms with Crippen LogP contribution in [0.25, 0.3) is 0 Å². The molecule has 29 heavy (non-hydrogen) atoms. The number of hydrogen-bond donors (Lipinski definition) is 0. The molecule has 1 aromatic rings. The van der Waals surface area contributed by atoms with Gasteiger partial charge in [0.1, 0.15) is 0 Å². The summed E-state index contributed by atoms with van der Waals surface area (Å²) in [7, 11) is -1.05. The predicted octanol–water partition coefficient (Wildman–Crippen LogP) is 5.06. The Kier molecular flexibility index (Phi) is 6.56. The first-order valence-corrected chi connectivity index (χ1v) is 14.7. The summed E-state index contributed by atoms with van der Waals surface area (Å²) in [4.78, 5) is 0. The Bertz CT molecular complexity index is 760. The third-order valence-electron chi connectivity index (χ3n) is 7.61. The van der Waals surface area contributed by atoms with Crippen molar-refractivity contribution >= 4 is 37.3 Å². The van der Waals surface area contributed by atoms with Gasteiger partial charge in [-0.1, -0.05) is 48.9 Å². The van der Waals surface area contributed by atoms with Crippen LogP contribution in [-0.4, -0.2) is 40.3 Å². The number of benzene rings is 1. The number of halogens is 1. The molecular weight excluding hydrogens is 443 g/mol. The molecule has 0 saturated carbocycles. The zero-order valence-electron chi connectivity index (χ0n) is 19.7. The molecule has 1 atom stereocenters. The maximum atomic E-state index is 6.32. The molecule has 1 aromatic carbocycles. The molecule has 0 bridgehead atoms. The van der Waals surface area contributed by atoms with Crippen molar-refractivity contribution in [3.05, 3.63) is 27.2 Å². The molecule has 6 heteroatoms. The molecule has 162 valence electrons. The maximum absolute atomic E-state index is 6.32. The van der Waals surface area contributed by atoms with Gasteiger partial charge in [0.25, 0.3) is 0 Å². The Labute approximate surface area is 188 Å². The number of aryl methyl sites for hydroxylation is 1.